The van der Waals surface area contributed by atoms with Gasteiger partial charge >= 0.3 is 0 Å². The summed E-state index contributed by atoms with van der Waals surface area (Å²) in [4.78, 5) is 4.55. The van der Waals surface area contributed by atoms with Gasteiger partial charge in [0.05, 0.1) is 0 Å². The minimum Gasteiger partial charge on any atom is -0.396 e. The largest absolute Gasteiger partial charge is 0.396 e. The van der Waals surface area contributed by atoms with Gasteiger partial charge in [-0.15, -0.1) is 24.0 Å². The van der Waals surface area contributed by atoms with Crippen molar-refractivity contribution in [1.82, 2.24) is 10.6 Å². The van der Waals surface area contributed by atoms with Crippen LogP contribution < -0.4 is 10.6 Å². The number of nitrogens with one attached hydrogen (secondary N) is 2. The van der Waals surface area contributed by atoms with Crippen LogP contribution in [0.4, 0.5) is 8.78 Å². The molecule has 0 aliphatic rings. The third kappa shape index (κ3) is 9.94. The van der Waals surface area contributed by atoms with E-state index in [1.165, 1.54) is 12.1 Å². The maximum Gasteiger partial charge on any atom is 0.191 e. The van der Waals surface area contributed by atoms with E-state index in [2.05, 4.69) is 22.5 Å². The molecule has 1 aromatic carbocycles. The number of hydrogen-bond donors (Lipinski definition) is 3. The number of aliphatic hydroxyl groups is 1. The highest BCUT2D eigenvalue weighted by atomic mass is 127. The first-order chi connectivity index (χ1) is 11.6. The summed E-state index contributed by atoms with van der Waals surface area (Å²) in [5.41, 5.74) is 0.476. The lowest BCUT2D eigenvalue weighted by molar-refractivity contribution is 0.253. The number of nitrogens with zero attached hydrogens (tertiary/aromatic N) is 1. The van der Waals surface area contributed by atoms with E-state index in [9.17, 15) is 8.78 Å². The molecule has 144 valence electrons. The smallest absolute Gasteiger partial charge is 0.191 e. The van der Waals surface area contributed by atoms with Crippen LogP contribution >= 0.6 is 24.0 Å². The van der Waals surface area contributed by atoms with E-state index in [0.29, 0.717) is 37.0 Å². The van der Waals surface area contributed by atoms with Crippen LogP contribution in [0.15, 0.2) is 23.2 Å². The van der Waals surface area contributed by atoms with Crippen molar-refractivity contribution in [2.24, 2.45) is 10.9 Å². The van der Waals surface area contributed by atoms with Crippen molar-refractivity contribution in [3.63, 3.8) is 0 Å². The van der Waals surface area contributed by atoms with Crippen LogP contribution in [0.3, 0.4) is 0 Å². The molecule has 4 nitrogen and oxygen atoms in total. The van der Waals surface area contributed by atoms with Crippen molar-refractivity contribution in [1.29, 1.82) is 0 Å². The van der Waals surface area contributed by atoms with Crippen molar-refractivity contribution in [3.05, 3.63) is 35.4 Å². The zero-order valence-electron chi connectivity index (χ0n) is 15.0. The first-order valence-electron chi connectivity index (χ1n) is 8.67. The van der Waals surface area contributed by atoms with E-state index in [1.807, 2.05) is 6.92 Å². The lowest BCUT2D eigenvalue weighted by Crippen LogP contribution is -2.38. The number of hydrogen-bond acceptors (Lipinski definition) is 2. The van der Waals surface area contributed by atoms with Crippen LogP contribution in [-0.4, -0.2) is 37.3 Å². The lowest BCUT2D eigenvalue weighted by Gasteiger charge is -2.15. The van der Waals surface area contributed by atoms with Crippen LogP contribution in [0, 0.1) is 17.6 Å². The molecule has 7 heteroatoms. The summed E-state index contributed by atoms with van der Waals surface area (Å²) >= 11 is 0. The minimum absolute atomic E-state index is 0. The number of benzene rings is 1. The van der Waals surface area contributed by atoms with Crippen LogP contribution in [0.25, 0.3) is 0 Å². The molecule has 1 atom stereocenters. The van der Waals surface area contributed by atoms with Crippen LogP contribution in [0.1, 0.15) is 38.7 Å². The molecule has 0 spiro atoms. The third-order valence-electron chi connectivity index (χ3n) is 3.79. The molecular weight excluding hydrogens is 439 g/mol. The molecule has 0 aromatic heterocycles. The molecule has 1 rings (SSSR count). The number of halogens is 3. The Kier molecular flexibility index (Phi) is 13.7. The fourth-order valence-corrected chi connectivity index (χ4v) is 2.52. The summed E-state index contributed by atoms with van der Waals surface area (Å²) in [7, 11) is 0. The molecule has 1 unspecified atom stereocenters. The number of aliphatic imine (C=N–C) groups is 1. The minimum atomic E-state index is -0.565. The summed E-state index contributed by atoms with van der Waals surface area (Å²) in [6.07, 6.45) is 3.29. The van der Waals surface area contributed by atoms with Crippen molar-refractivity contribution >= 4 is 29.9 Å². The molecule has 0 amide bonds. The molecule has 0 saturated heterocycles. The second-order valence-electron chi connectivity index (χ2n) is 5.80. The molecule has 0 bridgehead atoms. The van der Waals surface area contributed by atoms with E-state index < -0.39 is 11.6 Å². The Hall–Kier alpha value is -0.960. The van der Waals surface area contributed by atoms with Gasteiger partial charge in [-0.25, -0.2) is 8.78 Å². The van der Waals surface area contributed by atoms with Crippen molar-refractivity contribution < 1.29 is 13.9 Å². The van der Waals surface area contributed by atoms with Gasteiger partial charge in [0.1, 0.15) is 11.6 Å². The van der Waals surface area contributed by atoms with Gasteiger partial charge in [-0.2, -0.15) is 0 Å². The topological polar surface area (TPSA) is 56.7 Å². The molecule has 0 saturated carbocycles. The monoisotopic (exact) mass is 469 g/mol. The van der Waals surface area contributed by atoms with Gasteiger partial charge in [0.25, 0.3) is 0 Å². The Morgan fingerprint density at radius 1 is 1.20 bits per heavy atom. The predicted octanol–water partition coefficient (Wildman–Crippen LogP) is 3.48. The highest BCUT2D eigenvalue weighted by molar-refractivity contribution is 14.0. The second-order valence-corrected chi connectivity index (χ2v) is 5.80. The Morgan fingerprint density at radius 3 is 2.56 bits per heavy atom. The van der Waals surface area contributed by atoms with Gasteiger partial charge in [-0.05, 0) is 43.7 Å². The molecule has 0 fully saturated rings. The highest BCUT2D eigenvalue weighted by Gasteiger charge is 2.08. The maximum atomic E-state index is 13.6. The molecule has 3 N–H and O–H groups in total. The standard InChI is InChI=1S/C18H29F2N3O.HI/c1-3-5-14(9-11-24)13-23-18(21-4-2)22-10-8-15-6-7-16(19)12-17(15)20;/h6-7,12,14,24H,3-5,8-11,13H2,1-2H3,(H2,21,22,23);1H. The molecule has 1 aromatic rings. The van der Waals surface area contributed by atoms with Gasteiger partial charge in [0.15, 0.2) is 5.96 Å². The van der Waals surface area contributed by atoms with E-state index >= 15 is 0 Å². The Labute approximate surface area is 166 Å². The van der Waals surface area contributed by atoms with E-state index in [4.69, 9.17) is 5.11 Å². The van der Waals surface area contributed by atoms with Crippen molar-refractivity contribution in [2.45, 2.75) is 39.5 Å². The maximum absolute atomic E-state index is 13.6. The van der Waals surface area contributed by atoms with E-state index in [-0.39, 0.29) is 30.6 Å². The van der Waals surface area contributed by atoms with Gasteiger partial charge in [0, 0.05) is 32.3 Å². The first kappa shape index (κ1) is 24.0. The zero-order chi connectivity index (χ0) is 17.8. The third-order valence-corrected chi connectivity index (χ3v) is 3.79. The first-order valence-corrected chi connectivity index (χ1v) is 8.67. The fraction of sp³-hybridized carbons (Fsp3) is 0.611. The number of rotatable bonds is 10. The Bertz CT molecular complexity index is 509. The zero-order valence-corrected chi connectivity index (χ0v) is 17.4. The predicted molar refractivity (Wildman–Crippen MR) is 110 cm³/mol. The quantitative estimate of drug-likeness (QED) is 0.280. The molecule has 0 heterocycles. The van der Waals surface area contributed by atoms with Crippen LogP contribution in [0.2, 0.25) is 0 Å². The molecule has 25 heavy (non-hydrogen) atoms. The molecule has 0 radical (unpaired) electrons. The number of guanidine groups is 1. The normalized spacial score (nSPS) is 12.4. The van der Waals surface area contributed by atoms with Gasteiger partial charge in [-0.3, -0.25) is 4.99 Å². The van der Waals surface area contributed by atoms with Gasteiger partial charge in [0.2, 0.25) is 0 Å². The van der Waals surface area contributed by atoms with E-state index in [0.717, 1.165) is 31.9 Å². The second kappa shape index (κ2) is 14.2. The molecular formula is C18H30F2IN3O. The van der Waals surface area contributed by atoms with Crippen molar-refractivity contribution in [3.8, 4) is 0 Å². The van der Waals surface area contributed by atoms with Gasteiger partial charge in [-0.1, -0.05) is 19.4 Å². The fourth-order valence-electron chi connectivity index (χ4n) is 2.52. The lowest BCUT2D eigenvalue weighted by atomic mass is 10.0. The highest BCUT2D eigenvalue weighted by Crippen LogP contribution is 2.11. The van der Waals surface area contributed by atoms with Crippen LogP contribution in [-0.2, 0) is 6.42 Å². The molecule has 0 aliphatic carbocycles. The summed E-state index contributed by atoms with van der Waals surface area (Å²) in [6, 6.07) is 3.63. The molecule has 0 aliphatic heterocycles. The van der Waals surface area contributed by atoms with Crippen molar-refractivity contribution in [2.75, 3.05) is 26.2 Å². The number of aliphatic hydroxyl groups excluding tert-OH is 1. The SMILES string of the molecule is CCCC(CCO)CN=C(NCC)NCCc1ccc(F)cc1F.I. The van der Waals surface area contributed by atoms with Crippen LogP contribution in [0.5, 0.6) is 0 Å². The van der Waals surface area contributed by atoms with Gasteiger partial charge < -0.3 is 15.7 Å². The summed E-state index contributed by atoms with van der Waals surface area (Å²) < 4.78 is 26.5. The summed E-state index contributed by atoms with van der Waals surface area (Å²) in [5.74, 6) is -0.0429. The summed E-state index contributed by atoms with van der Waals surface area (Å²) in [6.45, 7) is 6.16. The summed E-state index contributed by atoms with van der Waals surface area (Å²) in [5, 5.41) is 15.4. The average Bonchev–Trinajstić information content (AvgIpc) is 2.54. The average molecular weight is 469 g/mol. The Morgan fingerprint density at radius 2 is 1.96 bits per heavy atom. The van der Waals surface area contributed by atoms with E-state index in [1.54, 1.807) is 0 Å². The Balaban J connectivity index is 0.00000576.